The van der Waals surface area contributed by atoms with Crippen LogP contribution in [-0.2, 0) is 20.0 Å². The monoisotopic (exact) mass is 444 g/mol. The molecule has 0 spiro atoms. The van der Waals surface area contributed by atoms with Crippen LogP contribution < -0.4 is 0 Å². The molecule has 8 heteroatoms. The summed E-state index contributed by atoms with van der Waals surface area (Å²) >= 11 is 7.64. The second-order valence-electron chi connectivity index (χ2n) is 6.87. The van der Waals surface area contributed by atoms with Crippen LogP contribution in [0.2, 0.25) is 5.02 Å². The van der Waals surface area contributed by atoms with Crippen LogP contribution in [0.1, 0.15) is 23.5 Å². The minimum atomic E-state index is -1.55. The Labute approximate surface area is 181 Å². The molecule has 1 heterocycles. The number of hydrogen-bond donors (Lipinski definition) is 2. The number of esters is 1. The van der Waals surface area contributed by atoms with E-state index >= 15 is 0 Å². The molecular formula is C22H17ClO6S. The number of allylic oxidation sites excluding steroid dienone is 2. The van der Waals surface area contributed by atoms with Crippen molar-refractivity contribution < 1.29 is 29.3 Å². The third-order valence-corrected chi connectivity index (χ3v) is 6.22. The molecule has 30 heavy (non-hydrogen) atoms. The van der Waals surface area contributed by atoms with Gasteiger partial charge in [-0.05, 0) is 41.0 Å². The predicted octanol–water partition coefficient (Wildman–Crippen LogP) is 5.44. The first-order chi connectivity index (χ1) is 14.4. The molecule has 4 rings (SSSR count). The number of halogens is 1. The number of aliphatic hydroxyl groups is 1. The minimum Gasteiger partial charge on any atom is -0.508 e. The SMILES string of the molecule is O=C(O)OC1=C(O)CC2=C(C(=O)OC2)C1c1ccc(SCc2cccc(Cl)c2)cc1. The number of benzene rings is 2. The lowest BCUT2D eigenvalue weighted by atomic mass is 9.82. The standard InChI is InChI=1S/C22H17ClO6S/c23-15-3-1-2-12(8-15)11-30-16-6-4-13(5-7-16)18-19-14(10-28-21(19)25)9-17(24)20(18)29-22(26)27/h1-8,18,24H,9-11H2,(H,26,27). The molecule has 0 saturated heterocycles. The average Bonchev–Trinajstić information content (AvgIpc) is 3.07. The molecule has 0 aromatic heterocycles. The van der Waals surface area contributed by atoms with Crippen LogP contribution in [0.15, 0.2) is 76.1 Å². The summed E-state index contributed by atoms with van der Waals surface area (Å²) in [5.41, 5.74) is 2.70. The van der Waals surface area contributed by atoms with E-state index in [-0.39, 0.29) is 24.5 Å². The Morgan fingerprint density at radius 2 is 2.00 bits per heavy atom. The molecule has 2 aromatic rings. The third-order valence-electron chi connectivity index (χ3n) is 4.90. The summed E-state index contributed by atoms with van der Waals surface area (Å²) in [6, 6.07) is 15.0. The van der Waals surface area contributed by atoms with Crippen molar-refractivity contribution in [2.45, 2.75) is 23.0 Å². The smallest absolute Gasteiger partial charge is 0.508 e. The van der Waals surface area contributed by atoms with Gasteiger partial charge in [0.1, 0.15) is 12.4 Å². The van der Waals surface area contributed by atoms with Crippen LogP contribution in [0, 0.1) is 0 Å². The zero-order chi connectivity index (χ0) is 21.3. The van der Waals surface area contributed by atoms with E-state index in [1.165, 1.54) is 0 Å². The van der Waals surface area contributed by atoms with Gasteiger partial charge in [0.25, 0.3) is 0 Å². The molecule has 2 aliphatic rings. The van der Waals surface area contributed by atoms with Crippen molar-refractivity contribution in [1.82, 2.24) is 0 Å². The van der Waals surface area contributed by atoms with Crippen molar-refractivity contribution in [1.29, 1.82) is 0 Å². The molecule has 0 radical (unpaired) electrons. The van der Waals surface area contributed by atoms with Crippen molar-refractivity contribution in [3.05, 3.63) is 87.3 Å². The van der Waals surface area contributed by atoms with E-state index in [1.54, 1.807) is 23.9 Å². The Hall–Kier alpha value is -2.90. The average molecular weight is 445 g/mol. The molecule has 154 valence electrons. The van der Waals surface area contributed by atoms with Crippen molar-refractivity contribution >= 4 is 35.5 Å². The Kier molecular flexibility index (Phi) is 5.74. The molecule has 0 saturated carbocycles. The maximum atomic E-state index is 12.3. The van der Waals surface area contributed by atoms with Crippen molar-refractivity contribution in [2.75, 3.05) is 6.61 Å². The molecule has 1 atom stereocenters. The van der Waals surface area contributed by atoms with Crippen LogP contribution in [0.3, 0.4) is 0 Å². The van der Waals surface area contributed by atoms with Crippen molar-refractivity contribution in [2.24, 2.45) is 0 Å². The number of hydrogen-bond acceptors (Lipinski definition) is 6. The molecule has 6 nitrogen and oxygen atoms in total. The maximum Gasteiger partial charge on any atom is 0.511 e. The van der Waals surface area contributed by atoms with Gasteiger partial charge in [-0.1, -0.05) is 35.9 Å². The van der Waals surface area contributed by atoms with Gasteiger partial charge in [0.05, 0.1) is 11.5 Å². The highest BCUT2D eigenvalue weighted by Gasteiger charge is 2.41. The Morgan fingerprint density at radius 1 is 1.23 bits per heavy atom. The fourth-order valence-electron chi connectivity index (χ4n) is 3.59. The van der Waals surface area contributed by atoms with Crippen molar-refractivity contribution in [3.8, 4) is 0 Å². The highest BCUT2D eigenvalue weighted by atomic mass is 35.5. The summed E-state index contributed by atoms with van der Waals surface area (Å²) in [5, 5.41) is 20.1. The van der Waals surface area contributed by atoms with E-state index in [1.807, 2.05) is 36.4 Å². The van der Waals surface area contributed by atoms with Gasteiger partial charge in [-0.3, -0.25) is 0 Å². The lowest BCUT2D eigenvalue weighted by Crippen LogP contribution is -2.21. The van der Waals surface area contributed by atoms with E-state index in [9.17, 15) is 14.7 Å². The highest BCUT2D eigenvalue weighted by Crippen LogP contribution is 2.44. The first-order valence-corrected chi connectivity index (χ1v) is 10.5. The first-order valence-electron chi connectivity index (χ1n) is 9.11. The number of carbonyl (C=O) groups is 2. The number of ether oxygens (including phenoxy) is 2. The number of carbonyl (C=O) groups excluding carboxylic acids is 1. The molecule has 0 amide bonds. The molecule has 1 aliphatic heterocycles. The van der Waals surface area contributed by atoms with Crippen LogP contribution in [0.25, 0.3) is 0 Å². The molecule has 0 bridgehead atoms. The van der Waals surface area contributed by atoms with E-state index in [0.29, 0.717) is 21.7 Å². The van der Waals surface area contributed by atoms with Gasteiger partial charge >= 0.3 is 12.1 Å². The van der Waals surface area contributed by atoms with Crippen LogP contribution in [0.5, 0.6) is 0 Å². The molecule has 2 N–H and O–H groups in total. The molecule has 1 aliphatic carbocycles. The van der Waals surface area contributed by atoms with Crippen LogP contribution in [-0.4, -0.2) is 28.9 Å². The molecule has 2 aromatic carbocycles. The minimum absolute atomic E-state index is 0.0355. The number of cyclic esters (lactones) is 1. The quantitative estimate of drug-likeness (QED) is 0.468. The molecule has 0 fully saturated rings. The Bertz CT molecular complexity index is 1070. The summed E-state index contributed by atoms with van der Waals surface area (Å²) < 4.78 is 9.97. The van der Waals surface area contributed by atoms with Crippen molar-refractivity contribution in [3.63, 3.8) is 0 Å². The Balaban J connectivity index is 1.59. The fourth-order valence-corrected chi connectivity index (χ4v) is 4.64. The van der Waals surface area contributed by atoms with E-state index < -0.39 is 18.0 Å². The van der Waals surface area contributed by atoms with Gasteiger partial charge in [-0.25, -0.2) is 9.59 Å². The predicted molar refractivity (Wildman–Crippen MR) is 112 cm³/mol. The summed E-state index contributed by atoms with van der Waals surface area (Å²) in [7, 11) is 0. The summed E-state index contributed by atoms with van der Waals surface area (Å²) in [6.45, 7) is 0.0860. The second-order valence-corrected chi connectivity index (χ2v) is 8.35. The third kappa shape index (κ3) is 4.17. The van der Waals surface area contributed by atoms with E-state index in [0.717, 1.165) is 16.2 Å². The first kappa shape index (κ1) is 20.4. The lowest BCUT2D eigenvalue weighted by Gasteiger charge is -2.25. The van der Waals surface area contributed by atoms with Gasteiger partial charge in [-0.2, -0.15) is 0 Å². The van der Waals surface area contributed by atoms with Gasteiger partial charge in [-0.15, -0.1) is 11.8 Å². The molecule has 1 unspecified atom stereocenters. The van der Waals surface area contributed by atoms with E-state index in [2.05, 4.69) is 0 Å². The highest BCUT2D eigenvalue weighted by molar-refractivity contribution is 7.98. The van der Waals surface area contributed by atoms with Gasteiger partial charge in [0, 0.05) is 22.1 Å². The lowest BCUT2D eigenvalue weighted by molar-refractivity contribution is -0.136. The summed E-state index contributed by atoms with van der Waals surface area (Å²) in [5.74, 6) is -0.975. The van der Waals surface area contributed by atoms with Gasteiger partial charge < -0.3 is 19.7 Å². The van der Waals surface area contributed by atoms with Gasteiger partial charge in [0.2, 0.25) is 0 Å². The summed E-state index contributed by atoms with van der Waals surface area (Å²) in [6.07, 6.45) is -1.51. The van der Waals surface area contributed by atoms with Gasteiger partial charge in [0.15, 0.2) is 5.76 Å². The normalized spacial score (nSPS) is 18.3. The number of carboxylic acid groups (broad SMARTS) is 1. The number of rotatable bonds is 5. The molecular weight excluding hydrogens is 428 g/mol. The van der Waals surface area contributed by atoms with E-state index in [4.69, 9.17) is 26.2 Å². The zero-order valence-electron chi connectivity index (χ0n) is 15.6. The van der Waals surface area contributed by atoms with Crippen LogP contribution in [0.4, 0.5) is 4.79 Å². The maximum absolute atomic E-state index is 12.3. The zero-order valence-corrected chi connectivity index (χ0v) is 17.2. The largest absolute Gasteiger partial charge is 0.511 e. The summed E-state index contributed by atoms with van der Waals surface area (Å²) in [4.78, 5) is 24.4. The fraction of sp³-hybridized carbons (Fsp3) is 0.182. The Morgan fingerprint density at radius 3 is 2.70 bits per heavy atom. The number of aliphatic hydroxyl groups excluding tert-OH is 1. The van der Waals surface area contributed by atoms with Crippen LogP contribution >= 0.6 is 23.4 Å². The topological polar surface area (TPSA) is 93.1 Å². The number of thioether (sulfide) groups is 1. The second kappa shape index (κ2) is 8.45.